The van der Waals surface area contributed by atoms with Crippen LogP contribution in [0.3, 0.4) is 0 Å². The van der Waals surface area contributed by atoms with Crippen LogP contribution in [0.1, 0.15) is 41.1 Å². The van der Waals surface area contributed by atoms with E-state index in [-0.39, 0.29) is 17.3 Å². The molecule has 2 aromatic heterocycles. The fourth-order valence-electron chi connectivity index (χ4n) is 3.36. The first-order valence-electron chi connectivity index (χ1n) is 10.2. The summed E-state index contributed by atoms with van der Waals surface area (Å²) in [6, 6.07) is 13.7. The van der Waals surface area contributed by atoms with E-state index in [2.05, 4.69) is 0 Å². The number of carbonyl (C=O) groups excluding carboxylic acids is 1. The van der Waals surface area contributed by atoms with Crippen molar-refractivity contribution in [2.45, 2.75) is 44.4 Å². The van der Waals surface area contributed by atoms with E-state index in [9.17, 15) is 13.2 Å². The molecule has 0 aliphatic rings. The van der Waals surface area contributed by atoms with Crippen LogP contribution in [-0.2, 0) is 16.4 Å². The Labute approximate surface area is 191 Å². The van der Waals surface area contributed by atoms with E-state index in [1.54, 1.807) is 43.2 Å². The standard InChI is InChI=1S/C24H24N2O4S2/c1-15(2)32(28,29)20-11-9-18(10-12-20)23(27)26(14-19-6-5-13-30-19)24-25-21-16(3)7-8-17(4)22(21)31-24/h5-13,15H,14H2,1-4H3. The van der Waals surface area contributed by atoms with Gasteiger partial charge in [0.2, 0.25) is 0 Å². The Morgan fingerprint density at radius 2 is 1.75 bits per heavy atom. The van der Waals surface area contributed by atoms with E-state index < -0.39 is 15.1 Å². The molecule has 0 aliphatic heterocycles. The first kappa shape index (κ1) is 22.2. The van der Waals surface area contributed by atoms with Crippen molar-refractivity contribution < 1.29 is 17.6 Å². The molecule has 0 aliphatic carbocycles. The highest BCUT2D eigenvalue weighted by Gasteiger charge is 2.25. The minimum absolute atomic E-state index is 0.202. The highest BCUT2D eigenvalue weighted by molar-refractivity contribution is 7.92. The maximum atomic E-state index is 13.5. The van der Waals surface area contributed by atoms with Crippen molar-refractivity contribution >= 4 is 42.4 Å². The van der Waals surface area contributed by atoms with Crippen molar-refractivity contribution in [1.82, 2.24) is 4.98 Å². The van der Waals surface area contributed by atoms with Gasteiger partial charge in [-0.05, 0) is 75.2 Å². The third kappa shape index (κ3) is 4.08. The lowest BCUT2D eigenvalue weighted by Gasteiger charge is -2.19. The Morgan fingerprint density at radius 1 is 1.06 bits per heavy atom. The zero-order valence-corrected chi connectivity index (χ0v) is 20.0. The predicted molar refractivity (Wildman–Crippen MR) is 127 cm³/mol. The third-order valence-electron chi connectivity index (χ3n) is 5.35. The maximum absolute atomic E-state index is 13.5. The number of hydrogen-bond acceptors (Lipinski definition) is 6. The highest BCUT2D eigenvalue weighted by atomic mass is 32.2. The van der Waals surface area contributed by atoms with Crippen molar-refractivity contribution in [3.8, 4) is 0 Å². The van der Waals surface area contributed by atoms with Crippen LogP contribution in [0.15, 0.2) is 64.1 Å². The van der Waals surface area contributed by atoms with Crippen LogP contribution in [-0.4, -0.2) is 24.6 Å². The molecule has 0 atom stereocenters. The largest absolute Gasteiger partial charge is 0.467 e. The molecule has 4 rings (SSSR count). The van der Waals surface area contributed by atoms with Gasteiger partial charge in [-0.2, -0.15) is 0 Å². The van der Waals surface area contributed by atoms with Gasteiger partial charge < -0.3 is 4.42 Å². The SMILES string of the molecule is Cc1ccc(C)c2sc(N(Cc3ccco3)C(=O)c3ccc(S(=O)(=O)C(C)C)cc3)nc12. The summed E-state index contributed by atoms with van der Waals surface area (Å²) in [5.41, 5.74) is 3.40. The minimum Gasteiger partial charge on any atom is -0.467 e. The first-order chi connectivity index (χ1) is 15.2. The van der Waals surface area contributed by atoms with Crippen molar-refractivity contribution in [3.63, 3.8) is 0 Å². The Kier molecular flexibility index (Phi) is 5.92. The highest BCUT2D eigenvalue weighted by Crippen LogP contribution is 2.34. The number of fused-ring (bicyclic) bond motifs is 1. The van der Waals surface area contributed by atoms with Crippen molar-refractivity contribution in [2.24, 2.45) is 0 Å². The number of sulfone groups is 1. The summed E-state index contributed by atoms with van der Waals surface area (Å²) >= 11 is 1.46. The molecule has 2 aromatic carbocycles. The number of furan rings is 1. The molecule has 0 N–H and O–H groups in total. The number of aromatic nitrogens is 1. The molecule has 0 radical (unpaired) electrons. The summed E-state index contributed by atoms with van der Waals surface area (Å²) in [7, 11) is -3.41. The third-order valence-corrected chi connectivity index (χ3v) is 8.74. The lowest BCUT2D eigenvalue weighted by atomic mass is 10.1. The number of nitrogens with zero attached hydrogens (tertiary/aromatic N) is 2. The summed E-state index contributed by atoms with van der Waals surface area (Å²) in [5, 5.41) is 0.0337. The number of thiazole rings is 1. The monoisotopic (exact) mass is 468 g/mol. The Bertz CT molecular complexity index is 1330. The second-order valence-corrected chi connectivity index (χ2v) is 11.4. The topological polar surface area (TPSA) is 80.5 Å². The summed E-state index contributed by atoms with van der Waals surface area (Å²) in [6.45, 7) is 7.51. The number of rotatable bonds is 6. The van der Waals surface area contributed by atoms with Gasteiger partial charge in [-0.15, -0.1) is 0 Å². The summed E-state index contributed by atoms with van der Waals surface area (Å²) in [5.74, 6) is 0.356. The number of carbonyl (C=O) groups is 1. The van der Waals surface area contributed by atoms with E-state index in [1.807, 2.05) is 32.0 Å². The number of aryl methyl sites for hydroxylation is 2. The van der Waals surface area contributed by atoms with Crippen molar-refractivity contribution in [3.05, 3.63) is 77.2 Å². The van der Waals surface area contributed by atoms with Crippen molar-refractivity contribution in [2.75, 3.05) is 4.90 Å². The second kappa shape index (κ2) is 8.52. The fourth-order valence-corrected chi connectivity index (χ4v) is 5.53. The normalized spacial score (nSPS) is 11.9. The number of amides is 1. The van der Waals surface area contributed by atoms with Gasteiger partial charge in [-0.3, -0.25) is 9.69 Å². The Morgan fingerprint density at radius 3 is 2.34 bits per heavy atom. The molecule has 166 valence electrons. The van der Waals surface area contributed by atoms with Crippen LogP contribution in [0.4, 0.5) is 5.13 Å². The van der Waals surface area contributed by atoms with Gasteiger partial charge in [0.05, 0.1) is 33.2 Å². The average molecular weight is 469 g/mol. The molecule has 0 spiro atoms. The molecule has 2 heterocycles. The molecule has 0 unspecified atom stereocenters. The molecule has 6 nitrogen and oxygen atoms in total. The van der Waals surface area contributed by atoms with E-state index in [0.717, 1.165) is 21.3 Å². The fraction of sp³-hybridized carbons (Fsp3) is 0.250. The van der Waals surface area contributed by atoms with Crippen LogP contribution >= 0.6 is 11.3 Å². The van der Waals surface area contributed by atoms with Crippen LogP contribution < -0.4 is 4.90 Å². The lowest BCUT2D eigenvalue weighted by Crippen LogP contribution is -2.30. The van der Waals surface area contributed by atoms with Gasteiger partial charge in [0, 0.05) is 5.56 Å². The molecule has 32 heavy (non-hydrogen) atoms. The van der Waals surface area contributed by atoms with E-state index in [1.165, 1.54) is 23.5 Å². The quantitative estimate of drug-likeness (QED) is 0.371. The Hall–Kier alpha value is -2.97. The van der Waals surface area contributed by atoms with Crippen molar-refractivity contribution in [1.29, 1.82) is 0 Å². The molecule has 4 aromatic rings. The van der Waals surface area contributed by atoms with Crippen LogP contribution in [0.25, 0.3) is 10.2 Å². The molecule has 0 saturated carbocycles. The van der Waals surface area contributed by atoms with E-state index >= 15 is 0 Å². The predicted octanol–water partition coefficient (Wildman–Crippen LogP) is 5.54. The molecular formula is C24H24N2O4S2. The van der Waals surface area contributed by atoms with Crippen LogP contribution in [0.5, 0.6) is 0 Å². The minimum atomic E-state index is -3.41. The van der Waals surface area contributed by atoms with Gasteiger partial charge in [0.1, 0.15) is 5.76 Å². The summed E-state index contributed by atoms with van der Waals surface area (Å²) in [4.78, 5) is 20.1. The Balaban J connectivity index is 1.75. The molecular weight excluding hydrogens is 444 g/mol. The number of hydrogen-bond donors (Lipinski definition) is 0. The molecule has 0 saturated heterocycles. The second-order valence-electron chi connectivity index (χ2n) is 7.96. The zero-order valence-electron chi connectivity index (χ0n) is 18.3. The van der Waals surface area contributed by atoms with Crippen LogP contribution in [0, 0.1) is 13.8 Å². The average Bonchev–Trinajstić information content (AvgIpc) is 3.45. The smallest absolute Gasteiger partial charge is 0.260 e. The number of benzene rings is 2. The molecule has 0 fully saturated rings. The van der Waals surface area contributed by atoms with Crippen LogP contribution in [0.2, 0.25) is 0 Å². The number of anilines is 1. The van der Waals surface area contributed by atoms with E-state index in [4.69, 9.17) is 9.40 Å². The first-order valence-corrected chi connectivity index (χ1v) is 12.6. The summed E-state index contributed by atoms with van der Waals surface area (Å²) in [6.07, 6.45) is 1.57. The van der Waals surface area contributed by atoms with Gasteiger partial charge >= 0.3 is 0 Å². The maximum Gasteiger partial charge on any atom is 0.260 e. The van der Waals surface area contributed by atoms with Gasteiger partial charge in [0.15, 0.2) is 15.0 Å². The summed E-state index contributed by atoms with van der Waals surface area (Å²) < 4.78 is 31.4. The van der Waals surface area contributed by atoms with Gasteiger partial charge in [-0.1, -0.05) is 23.5 Å². The van der Waals surface area contributed by atoms with Gasteiger partial charge in [0.25, 0.3) is 5.91 Å². The molecule has 1 amide bonds. The van der Waals surface area contributed by atoms with E-state index in [0.29, 0.717) is 16.5 Å². The molecule has 0 bridgehead atoms. The zero-order chi connectivity index (χ0) is 23.0. The lowest BCUT2D eigenvalue weighted by molar-refractivity contribution is 0.0983. The molecule has 8 heteroatoms. The van der Waals surface area contributed by atoms with Gasteiger partial charge in [-0.25, -0.2) is 13.4 Å².